The maximum Gasteiger partial charge on any atom is 0.350 e. The van der Waals surface area contributed by atoms with Gasteiger partial charge in [0.25, 0.3) is 17.7 Å². The maximum absolute atomic E-state index is 14.8. The van der Waals surface area contributed by atoms with Crippen molar-refractivity contribution >= 4 is 51.5 Å². The van der Waals surface area contributed by atoms with Crippen molar-refractivity contribution in [3.05, 3.63) is 82.9 Å². The Bertz CT molecular complexity index is 2140. The first-order valence-electron chi connectivity index (χ1n) is 17.8. The number of likely N-dealkylation sites (tertiary alicyclic amines) is 1. The lowest BCUT2D eigenvalue weighted by Crippen LogP contribution is -2.63. The van der Waals surface area contributed by atoms with Crippen LogP contribution in [-0.2, 0) is 23.9 Å². The summed E-state index contributed by atoms with van der Waals surface area (Å²) < 4.78 is 8.06. The van der Waals surface area contributed by atoms with Gasteiger partial charge in [0.15, 0.2) is 5.65 Å². The molecule has 2 atom stereocenters. The van der Waals surface area contributed by atoms with Crippen molar-refractivity contribution in [1.29, 1.82) is 0 Å². The van der Waals surface area contributed by atoms with Crippen LogP contribution in [0.15, 0.2) is 76.6 Å². The number of nitrogens with zero attached hydrogens (tertiary/aromatic N) is 5. The smallest absolute Gasteiger partial charge is 0.350 e. The number of hydrogen-bond donors (Lipinski definition) is 2. The van der Waals surface area contributed by atoms with Gasteiger partial charge in [-0.2, -0.15) is 0 Å². The van der Waals surface area contributed by atoms with E-state index >= 15 is 0 Å². The SMILES string of the molecule is NC(=O)C(=O)C1(NC(=O)[C@@H]2C[C@H](n3nc4ccccn4c3=O)CN2C(=O)/C(CC2CCCCC2)=N/C(=O)c2ccc3ccccc3c2)CCOCC1. The summed E-state index contributed by atoms with van der Waals surface area (Å²) in [5.41, 5.74) is 4.11. The number of primary amides is 1. The number of nitrogens with two attached hydrogens (primary N) is 1. The molecule has 3 aliphatic rings. The fourth-order valence-corrected chi connectivity index (χ4v) is 7.85. The van der Waals surface area contributed by atoms with Gasteiger partial charge >= 0.3 is 5.69 Å². The van der Waals surface area contributed by atoms with Gasteiger partial charge in [0.2, 0.25) is 11.7 Å². The third kappa shape index (κ3) is 6.90. The highest BCUT2D eigenvalue weighted by molar-refractivity contribution is 6.41. The molecular weight excluding hydrogens is 666 g/mol. The average molecular weight is 708 g/mol. The van der Waals surface area contributed by atoms with Crippen molar-refractivity contribution in [1.82, 2.24) is 24.4 Å². The highest BCUT2D eigenvalue weighted by Gasteiger charge is 2.49. The molecule has 3 N–H and O–H groups in total. The summed E-state index contributed by atoms with van der Waals surface area (Å²) in [4.78, 5) is 87.3. The summed E-state index contributed by atoms with van der Waals surface area (Å²) in [6.45, 7) is 0.135. The molecule has 0 radical (unpaired) electrons. The van der Waals surface area contributed by atoms with Gasteiger partial charge < -0.3 is 20.7 Å². The second kappa shape index (κ2) is 14.6. The number of benzene rings is 2. The van der Waals surface area contributed by atoms with E-state index in [4.69, 9.17) is 10.5 Å². The Kier molecular flexibility index (Phi) is 9.82. The lowest BCUT2D eigenvalue weighted by atomic mass is 9.84. The number of ether oxygens (including phenoxy) is 1. The number of Topliss-reactive ketones (excluding diaryl/α,β-unsaturated/α-hetero) is 1. The molecule has 14 nitrogen and oxygen atoms in total. The van der Waals surface area contributed by atoms with Gasteiger partial charge in [-0.25, -0.2) is 14.5 Å². The number of aromatic nitrogens is 3. The standard InChI is InChI=1S/C38H41N7O7/c39-33(47)32(46)38(15-18-52-19-16-38)41-35(49)30-22-28(45-37(51)43-17-7-6-12-31(43)42-45)23-44(30)36(50)29(20-24-8-2-1-3-9-24)40-34(48)27-14-13-25-10-4-5-11-26(25)21-27/h4-7,10-14,17,21,24,28,30H,1-3,8-9,15-16,18-20,22-23H2,(H2,39,47)(H,41,49)/b40-29+/t28-,30-/m0/s1. The number of aliphatic imine (C=N–C) groups is 1. The third-order valence-electron chi connectivity index (χ3n) is 10.7. The lowest BCUT2D eigenvalue weighted by Gasteiger charge is -2.37. The highest BCUT2D eigenvalue weighted by atomic mass is 16.5. The molecule has 14 heteroatoms. The third-order valence-corrected chi connectivity index (χ3v) is 10.7. The molecular formula is C38H41N7O7. The number of amides is 4. The van der Waals surface area contributed by atoms with Crippen LogP contribution < -0.4 is 16.7 Å². The quantitative estimate of drug-likeness (QED) is 0.196. The predicted octanol–water partition coefficient (Wildman–Crippen LogP) is 2.76. The summed E-state index contributed by atoms with van der Waals surface area (Å²) >= 11 is 0. The van der Waals surface area contributed by atoms with E-state index in [2.05, 4.69) is 15.4 Å². The molecule has 0 bridgehead atoms. The van der Waals surface area contributed by atoms with E-state index in [0.717, 1.165) is 42.9 Å². The van der Waals surface area contributed by atoms with Crippen LogP contribution in [0.5, 0.6) is 0 Å². The van der Waals surface area contributed by atoms with E-state index in [9.17, 15) is 28.8 Å². The Labute approximate surface area is 299 Å². The molecule has 3 fully saturated rings. The first-order valence-corrected chi connectivity index (χ1v) is 17.8. The summed E-state index contributed by atoms with van der Waals surface area (Å²) in [6, 6.07) is 16.1. The predicted molar refractivity (Wildman–Crippen MR) is 191 cm³/mol. The second-order valence-corrected chi connectivity index (χ2v) is 14.0. The fraction of sp³-hybridized carbons (Fsp3) is 0.421. The molecule has 4 aromatic rings. The molecule has 0 spiro atoms. The minimum absolute atomic E-state index is 0.0190. The Morgan fingerprint density at radius 2 is 1.67 bits per heavy atom. The normalized spacial score (nSPS) is 20.9. The van der Waals surface area contributed by atoms with Crippen molar-refractivity contribution in [2.45, 2.75) is 75.4 Å². The molecule has 2 aromatic carbocycles. The van der Waals surface area contributed by atoms with Gasteiger partial charge in [-0.05, 0) is 47.4 Å². The zero-order valence-electron chi connectivity index (χ0n) is 28.7. The van der Waals surface area contributed by atoms with Crippen LogP contribution in [-0.4, -0.2) is 85.5 Å². The van der Waals surface area contributed by atoms with Crippen molar-refractivity contribution in [2.24, 2.45) is 16.6 Å². The second-order valence-electron chi connectivity index (χ2n) is 14.0. The summed E-state index contributed by atoms with van der Waals surface area (Å²) in [7, 11) is 0. The Balaban J connectivity index is 1.26. The van der Waals surface area contributed by atoms with E-state index in [-0.39, 0.29) is 57.1 Å². The summed E-state index contributed by atoms with van der Waals surface area (Å²) in [6.07, 6.45) is 6.68. The van der Waals surface area contributed by atoms with Gasteiger partial charge in [-0.1, -0.05) is 68.5 Å². The largest absolute Gasteiger partial charge is 0.381 e. The van der Waals surface area contributed by atoms with Gasteiger partial charge in [0.1, 0.15) is 17.3 Å². The molecule has 270 valence electrons. The van der Waals surface area contributed by atoms with Crippen LogP contribution >= 0.6 is 0 Å². The number of carbonyl (C=O) groups is 5. The van der Waals surface area contributed by atoms with Crippen molar-refractivity contribution < 1.29 is 28.7 Å². The molecule has 1 aliphatic carbocycles. The number of pyridine rings is 1. The van der Waals surface area contributed by atoms with Crippen LogP contribution in [0.25, 0.3) is 16.4 Å². The van der Waals surface area contributed by atoms with Crippen LogP contribution in [0.1, 0.15) is 74.2 Å². The minimum Gasteiger partial charge on any atom is -0.381 e. The zero-order chi connectivity index (χ0) is 36.4. The Hall–Kier alpha value is -5.50. The fourth-order valence-electron chi connectivity index (χ4n) is 7.85. The Morgan fingerprint density at radius 3 is 2.40 bits per heavy atom. The number of ketones is 1. The van der Waals surface area contributed by atoms with Gasteiger partial charge in [0.05, 0.1) is 6.04 Å². The number of hydrogen-bond acceptors (Lipinski definition) is 8. The van der Waals surface area contributed by atoms with E-state index in [1.807, 2.05) is 30.3 Å². The van der Waals surface area contributed by atoms with Crippen LogP contribution in [0, 0.1) is 5.92 Å². The molecule has 1 saturated carbocycles. The molecule has 2 aliphatic heterocycles. The van der Waals surface area contributed by atoms with Crippen molar-refractivity contribution in [2.75, 3.05) is 19.8 Å². The number of rotatable bonds is 9. The molecule has 7 rings (SSSR count). The lowest BCUT2D eigenvalue weighted by molar-refractivity contribution is -0.146. The topological polar surface area (TPSA) is 188 Å². The molecule has 2 saturated heterocycles. The molecule has 52 heavy (non-hydrogen) atoms. The van der Waals surface area contributed by atoms with Crippen LogP contribution in [0.4, 0.5) is 0 Å². The van der Waals surface area contributed by atoms with Crippen molar-refractivity contribution in [3.63, 3.8) is 0 Å². The van der Waals surface area contributed by atoms with Gasteiger partial charge in [0, 0.05) is 50.8 Å². The first-order chi connectivity index (χ1) is 25.1. The van der Waals surface area contributed by atoms with E-state index < -0.39 is 52.7 Å². The Morgan fingerprint density at radius 1 is 0.942 bits per heavy atom. The maximum atomic E-state index is 14.8. The molecule has 4 amide bonds. The monoisotopic (exact) mass is 707 g/mol. The van der Waals surface area contributed by atoms with E-state index in [1.54, 1.807) is 36.5 Å². The highest BCUT2D eigenvalue weighted by Crippen LogP contribution is 2.32. The first kappa shape index (κ1) is 34.9. The zero-order valence-corrected chi connectivity index (χ0v) is 28.7. The summed E-state index contributed by atoms with van der Waals surface area (Å²) in [5.74, 6) is -3.90. The van der Waals surface area contributed by atoms with Crippen molar-refractivity contribution in [3.8, 4) is 0 Å². The van der Waals surface area contributed by atoms with Crippen LogP contribution in [0.2, 0.25) is 0 Å². The summed E-state index contributed by atoms with van der Waals surface area (Å²) in [5, 5.41) is 9.08. The van der Waals surface area contributed by atoms with Crippen LogP contribution in [0.3, 0.4) is 0 Å². The van der Waals surface area contributed by atoms with Gasteiger partial charge in [-0.15, -0.1) is 5.10 Å². The van der Waals surface area contributed by atoms with Gasteiger partial charge in [-0.3, -0.25) is 28.4 Å². The molecule has 2 aromatic heterocycles. The number of nitrogens with one attached hydrogen (secondary N) is 1. The number of fused-ring (bicyclic) bond motifs is 2. The van der Waals surface area contributed by atoms with E-state index in [0.29, 0.717) is 11.2 Å². The minimum atomic E-state index is -1.61. The number of carbonyl (C=O) groups excluding carboxylic acids is 5. The average Bonchev–Trinajstić information content (AvgIpc) is 3.76. The van der Waals surface area contributed by atoms with E-state index in [1.165, 1.54) is 14.0 Å². The molecule has 0 unspecified atom stereocenters. The molecule has 4 heterocycles.